The van der Waals surface area contributed by atoms with Crippen LogP contribution in [0, 0.1) is 0 Å². The van der Waals surface area contributed by atoms with Crippen LogP contribution in [0.5, 0.6) is 0 Å². The first-order chi connectivity index (χ1) is 9.65. The minimum atomic E-state index is -0.0760. The van der Waals surface area contributed by atoms with Crippen LogP contribution in [-0.4, -0.2) is 20.0 Å². The molecule has 4 nitrogen and oxygen atoms in total. The second kappa shape index (κ2) is 4.81. The molecule has 4 heteroatoms. The molecule has 1 aromatic carbocycles. The van der Waals surface area contributed by atoms with Crippen molar-refractivity contribution < 1.29 is 9.36 Å². The number of anilines is 2. The summed E-state index contributed by atoms with van der Waals surface area (Å²) in [5, 5.41) is 2.84. The van der Waals surface area contributed by atoms with Gasteiger partial charge in [0, 0.05) is 31.9 Å². The van der Waals surface area contributed by atoms with Crippen molar-refractivity contribution in [3.8, 4) is 0 Å². The molecule has 0 unspecified atom stereocenters. The van der Waals surface area contributed by atoms with Gasteiger partial charge in [0.05, 0.1) is 6.20 Å². The van der Waals surface area contributed by atoms with Crippen LogP contribution in [0.3, 0.4) is 0 Å². The number of aromatic nitrogens is 1. The highest BCUT2D eigenvalue weighted by atomic mass is 16.2. The van der Waals surface area contributed by atoms with Gasteiger partial charge in [0.1, 0.15) is 0 Å². The van der Waals surface area contributed by atoms with Gasteiger partial charge in [0.25, 0.3) is 5.82 Å². The molecule has 0 saturated carbocycles. The van der Waals surface area contributed by atoms with E-state index in [0.29, 0.717) is 5.70 Å². The smallest absolute Gasteiger partial charge is 0.378 e. The number of amides is 1. The lowest BCUT2D eigenvalue weighted by atomic mass is 10.1. The minimum Gasteiger partial charge on any atom is -0.378 e. The summed E-state index contributed by atoms with van der Waals surface area (Å²) in [6.07, 6.45) is 3.78. The van der Waals surface area contributed by atoms with Crippen molar-refractivity contribution in [3.63, 3.8) is 0 Å². The molecule has 20 heavy (non-hydrogen) atoms. The Balaban J connectivity index is 1.98. The summed E-state index contributed by atoms with van der Waals surface area (Å²) in [7, 11) is 4.01. The van der Waals surface area contributed by atoms with Crippen LogP contribution in [-0.2, 0) is 4.79 Å². The van der Waals surface area contributed by atoms with Gasteiger partial charge in [-0.25, -0.2) is 10.1 Å². The summed E-state index contributed by atoms with van der Waals surface area (Å²) in [4.78, 5) is 14.0. The van der Waals surface area contributed by atoms with Crippen molar-refractivity contribution in [2.45, 2.75) is 0 Å². The standard InChI is InChI=1S/C16H15N3O/c1-18(2)13-8-6-12(7-9-13)11-14-16(20)17-15-5-3-4-10-19(14)15/h3-11H,1-2H3/p+1/b14-11-. The van der Waals surface area contributed by atoms with Gasteiger partial charge in [0.15, 0.2) is 0 Å². The van der Waals surface area contributed by atoms with Gasteiger partial charge in [0.2, 0.25) is 5.70 Å². The van der Waals surface area contributed by atoms with E-state index in [1.54, 1.807) is 0 Å². The Kier molecular flexibility index (Phi) is 2.99. The highest BCUT2D eigenvalue weighted by Crippen LogP contribution is 2.18. The fourth-order valence-electron chi connectivity index (χ4n) is 2.21. The van der Waals surface area contributed by atoms with Gasteiger partial charge >= 0.3 is 5.91 Å². The third kappa shape index (κ3) is 2.16. The Morgan fingerprint density at radius 2 is 1.85 bits per heavy atom. The quantitative estimate of drug-likeness (QED) is 0.666. The zero-order valence-corrected chi connectivity index (χ0v) is 11.5. The summed E-state index contributed by atoms with van der Waals surface area (Å²) in [5.41, 5.74) is 2.78. The van der Waals surface area contributed by atoms with Crippen molar-refractivity contribution in [2.24, 2.45) is 0 Å². The first-order valence-corrected chi connectivity index (χ1v) is 6.46. The van der Waals surface area contributed by atoms with Crippen molar-refractivity contribution in [3.05, 3.63) is 54.2 Å². The van der Waals surface area contributed by atoms with E-state index in [4.69, 9.17) is 0 Å². The molecule has 1 aliphatic rings. The first-order valence-electron chi connectivity index (χ1n) is 6.46. The van der Waals surface area contributed by atoms with Crippen molar-refractivity contribution >= 4 is 29.2 Å². The van der Waals surface area contributed by atoms with Crippen LogP contribution in [0.25, 0.3) is 11.8 Å². The molecule has 0 aliphatic carbocycles. The third-order valence-corrected chi connectivity index (χ3v) is 3.31. The van der Waals surface area contributed by atoms with Crippen LogP contribution < -0.4 is 14.8 Å². The van der Waals surface area contributed by atoms with Crippen LogP contribution in [0.15, 0.2) is 48.7 Å². The number of hydrogen-bond donors (Lipinski definition) is 1. The van der Waals surface area contributed by atoms with Crippen LogP contribution in [0.2, 0.25) is 0 Å². The molecule has 1 N–H and O–H groups in total. The van der Waals surface area contributed by atoms with E-state index in [9.17, 15) is 4.79 Å². The summed E-state index contributed by atoms with van der Waals surface area (Å²) < 4.78 is 1.86. The second-order valence-electron chi connectivity index (χ2n) is 4.93. The Bertz CT molecular complexity index is 687. The molecule has 0 radical (unpaired) electrons. The van der Waals surface area contributed by atoms with Crippen molar-refractivity contribution in [1.29, 1.82) is 0 Å². The van der Waals surface area contributed by atoms with E-state index in [1.165, 1.54) is 0 Å². The molecular weight excluding hydrogens is 250 g/mol. The normalized spacial score (nSPS) is 15.1. The van der Waals surface area contributed by atoms with Gasteiger partial charge < -0.3 is 4.90 Å². The second-order valence-corrected chi connectivity index (χ2v) is 4.93. The maximum absolute atomic E-state index is 12.0. The van der Waals surface area contributed by atoms with Gasteiger partial charge in [-0.1, -0.05) is 18.2 Å². The lowest BCUT2D eigenvalue weighted by molar-refractivity contribution is -0.556. The van der Waals surface area contributed by atoms with E-state index in [1.807, 2.05) is 78.3 Å². The molecule has 0 bridgehead atoms. The zero-order chi connectivity index (χ0) is 14.1. The number of carbonyl (C=O) groups is 1. The average Bonchev–Trinajstić information content (AvgIpc) is 2.76. The molecule has 2 heterocycles. The number of nitrogens with zero attached hydrogens (tertiary/aromatic N) is 2. The summed E-state index contributed by atoms with van der Waals surface area (Å²) >= 11 is 0. The van der Waals surface area contributed by atoms with Gasteiger partial charge in [-0.15, -0.1) is 0 Å². The maximum Gasteiger partial charge on any atom is 0.379 e. The lowest BCUT2D eigenvalue weighted by Gasteiger charge is -2.11. The molecule has 0 saturated heterocycles. The monoisotopic (exact) mass is 266 g/mol. The molecular formula is C16H16N3O+. The van der Waals surface area contributed by atoms with Crippen molar-refractivity contribution in [1.82, 2.24) is 0 Å². The number of hydrogen-bond acceptors (Lipinski definition) is 2. The number of nitrogens with one attached hydrogen (secondary N) is 1. The largest absolute Gasteiger partial charge is 0.379 e. The van der Waals surface area contributed by atoms with Gasteiger partial charge in [-0.05, 0) is 23.8 Å². The Labute approximate surface area is 118 Å². The average molecular weight is 266 g/mol. The van der Waals surface area contributed by atoms with Crippen LogP contribution in [0.1, 0.15) is 5.56 Å². The van der Waals surface area contributed by atoms with E-state index < -0.39 is 0 Å². The number of pyridine rings is 1. The van der Waals surface area contributed by atoms with E-state index in [2.05, 4.69) is 5.32 Å². The van der Waals surface area contributed by atoms with Crippen LogP contribution >= 0.6 is 0 Å². The zero-order valence-electron chi connectivity index (χ0n) is 11.5. The number of carbonyl (C=O) groups excluding carboxylic acids is 1. The molecule has 0 spiro atoms. The Hall–Kier alpha value is -2.62. The molecule has 0 atom stereocenters. The summed E-state index contributed by atoms with van der Waals surface area (Å²) in [6, 6.07) is 13.8. The SMILES string of the molecule is CN(C)c1ccc(/C=C2/C(=O)Nc3cccc[n+]32)cc1. The molecule has 0 fully saturated rings. The summed E-state index contributed by atoms with van der Waals surface area (Å²) in [6.45, 7) is 0. The van der Waals surface area contributed by atoms with E-state index >= 15 is 0 Å². The molecule has 1 aromatic heterocycles. The fourth-order valence-corrected chi connectivity index (χ4v) is 2.21. The van der Waals surface area contributed by atoms with Gasteiger partial charge in [-0.3, -0.25) is 0 Å². The molecule has 3 rings (SSSR count). The topological polar surface area (TPSA) is 36.2 Å². The van der Waals surface area contributed by atoms with Crippen LogP contribution in [0.4, 0.5) is 11.5 Å². The highest BCUT2D eigenvalue weighted by molar-refractivity contribution is 6.23. The van der Waals surface area contributed by atoms with Crippen molar-refractivity contribution in [2.75, 3.05) is 24.3 Å². The first kappa shape index (κ1) is 12.4. The molecule has 1 aliphatic heterocycles. The fraction of sp³-hybridized carbons (Fsp3) is 0.125. The number of rotatable bonds is 2. The van der Waals surface area contributed by atoms with E-state index in [-0.39, 0.29) is 5.91 Å². The Morgan fingerprint density at radius 1 is 1.10 bits per heavy atom. The predicted octanol–water partition coefficient (Wildman–Crippen LogP) is 1.99. The molecule has 100 valence electrons. The highest BCUT2D eigenvalue weighted by Gasteiger charge is 2.31. The lowest BCUT2D eigenvalue weighted by Crippen LogP contribution is -2.29. The predicted molar refractivity (Wildman–Crippen MR) is 80.2 cm³/mol. The van der Waals surface area contributed by atoms with Gasteiger partial charge in [-0.2, -0.15) is 4.57 Å². The third-order valence-electron chi connectivity index (χ3n) is 3.31. The number of fused-ring (bicyclic) bond motifs is 1. The minimum absolute atomic E-state index is 0.0760. The molecule has 1 amide bonds. The summed E-state index contributed by atoms with van der Waals surface area (Å²) in [5.74, 6) is 0.724. The number of benzene rings is 1. The Morgan fingerprint density at radius 3 is 2.55 bits per heavy atom. The van der Waals surface area contributed by atoms with E-state index in [0.717, 1.165) is 17.1 Å². The maximum atomic E-state index is 12.0. The molecule has 2 aromatic rings.